The summed E-state index contributed by atoms with van der Waals surface area (Å²) in [6.07, 6.45) is 0.653. The molecular formula is C27H33FN6O3S. The number of benzene rings is 2. The van der Waals surface area contributed by atoms with Crippen molar-refractivity contribution in [3.05, 3.63) is 76.0 Å². The van der Waals surface area contributed by atoms with Gasteiger partial charge in [0.1, 0.15) is 16.7 Å². The van der Waals surface area contributed by atoms with Gasteiger partial charge in [0.2, 0.25) is 5.91 Å². The molecule has 0 aliphatic carbocycles. The molecule has 0 spiro atoms. The van der Waals surface area contributed by atoms with Crippen molar-refractivity contribution in [2.24, 2.45) is 5.73 Å². The lowest BCUT2D eigenvalue weighted by atomic mass is 9.98. The Labute approximate surface area is 225 Å². The first-order chi connectivity index (χ1) is 17.8. The van der Waals surface area contributed by atoms with E-state index in [9.17, 15) is 18.8 Å². The highest BCUT2D eigenvalue weighted by Crippen LogP contribution is 2.31. The van der Waals surface area contributed by atoms with Gasteiger partial charge in [-0.1, -0.05) is 31.2 Å². The zero-order valence-electron chi connectivity index (χ0n) is 22.1. The number of primary amides is 1. The molecule has 0 aliphatic heterocycles. The van der Waals surface area contributed by atoms with Crippen molar-refractivity contribution in [1.29, 1.82) is 0 Å². The predicted octanol–water partition coefficient (Wildman–Crippen LogP) is 3.72. The number of nitrogens with one attached hydrogen (secondary N) is 1. The first-order valence-electron chi connectivity index (χ1n) is 12.0. The van der Waals surface area contributed by atoms with Crippen LogP contribution in [-0.2, 0) is 11.3 Å². The van der Waals surface area contributed by atoms with Crippen LogP contribution in [0.3, 0.4) is 0 Å². The van der Waals surface area contributed by atoms with Crippen LogP contribution < -0.4 is 21.7 Å². The Kier molecular flexibility index (Phi) is 8.72. The van der Waals surface area contributed by atoms with E-state index in [1.165, 1.54) is 17.0 Å². The summed E-state index contributed by atoms with van der Waals surface area (Å²) in [4.78, 5) is 42.9. The van der Waals surface area contributed by atoms with Crippen molar-refractivity contribution in [3.8, 4) is 0 Å². The molecule has 5 N–H and O–H groups in total. The van der Waals surface area contributed by atoms with Crippen LogP contribution in [0.25, 0.3) is 0 Å². The second-order valence-corrected chi connectivity index (χ2v) is 10.6. The quantitative estimate of drug-likeness (QED) is 0.359. The second-order valence-electron chi connectivity index (χ2n) is 9.81. The van der Waals surface area contributed by atoms with Gasteiger partial charge in [0, 0.05) is 31.9 Å². The van der Waals surface area contributed by atoms with Crippen molar-refractivity contribution in [3.63, 3.8) is 0 Å². The van der Waals surface area contributed by atoms with Crippen molar-refractivity contribution in [1.82, 2.24) is 14.6 Å². The average molecular weight is 541 g/mol. The van der Waals surface area contributed by atoms with Crippen LogP contribution in [0.15, 0.2) is 48.5 Å². The van der Waals surface area contributed by atoms with E-state index in [0.29, 0.717) is 17.5 Å². The molecular weight excluding hydrogens is 507 g/mol. The van der Waals surface area contributed by atoms with Crippen molar-refractivity contribution in [2.75, 3.05) is 24.7 Å². The van der Waals surface area contributed by atoms with Gasteiger partial charge in [-0.2, -0.15) is 4.37 Å². The van der Waals surface area contributed by atoms with Crippen LogP contribution >= 0.6 is 11.5 Å². The van der Waals surface area contributed by atoms with E-state index in [-0.39, 0.29) is 22.8 Å². The molecule has 3 aromatic rings. The lowest BCUT2D eigenvalue weighted by molar-refractivity contribution is -0.127. The molecule has 0 bridgehead atoms. The molecule has 0 radical (unpaired) electrons. The number of carbonyl (C=O) groups is 3. The summed E-state index contributed by atoms with van der Waals surface area (Å²) in [6.45, 7) is 5.70. The van der Waals surface area contributed by atoms with Gasteiger partial charge in [-0.25, -0.2) is 4.39 Å². The third-order valence-corrected chi connectivity index (χ3v) is 7.16. The van der Waals surface area contributed by atoms with Gasteiger partial charge in [-0.3, -0.25) is 14.4 Å². The lowest BCUT2D eigenvalue weighted by Crippen LogP contribution is -2.50. The van der Waals surface area contributed by atoms with Crippen LogP contribution in [0.1, 0.15) is 64.5 Å². The van der Waals surface area contributed by atoms with Crippen LogP contribution in [-0.4, -0.2) is 46.6 Å². The smallest absolute Gasteiger partial charge is 0.270 e. The minimum absolute atomic E-state index is 0.0154. The number of hydrogen-bond acceptors (Lipinski definition) is 7. The van der Waals surface area contributed by atoms with E-state index in [0.717, 1.165) is 17.2 Å². The van der Waals surface area contributed by atoms with Crippen molar-refractivity contribution >= 4 is 40.6 Å². The SMILES string of the molecule is CCC(C)(C)NC(=O)C(c1ccc(N(C)C)cc1)N(Cc1ccc(F)cc1)C(=O)c1snc(C(N)=O)c1N. The molecule has 3 amide bonds. The number of nitrogen functional groups attached to an aromatic ring is 1. The maximum Gasteiger partial charge on any atom is 0.270 e. The van der Waals surface area contributed by atoms with Crippen LogP contribution in [0.5, 0.6) is 0 Å². The zero-order valence-corrected chi connectivity index (χ0v) is 22.9. The maximum atomic E-state index is 14.0. The Bertz CT molecular complexity index is 1310. The molecule has 38 heavy (non-hydrogen) atoms. The number of nitrogens with zero attached hydrogens (tertiary/aromatic N) is 3. The van der Waals surface area contributed by atoms with Gasteiger partial charge >= 0.3 is 0 Å². The number of amides is 3. The summed E-state index contributed by atoms with van der Waals surface area (Å²) in [7, 11) is 3.80. The zero-order chi connectivity index (χ0) is 28.2. The predicted molar refractivity (Wildman–Crippen MR) is 147 cm³/mol. The number of anilines is 2. The summed E-state index contributed by atoms with van der Waals surface area (Å²) in [5.74, 6) is -2.30. The molecule has 0 saturated heterocycles. The molecule has 9 nitrogen and oxygen atoms in total. The number of nitrogens with two attached hydrogens (primary N) is 2. The summed E-state index contributed by atoms with van der Waals surface area (Å²) in [5, 5.41) is 3.04. The Balaban J connectivity index is 2.17. The lowest BCUT2D eigenvalue weighted by Gasteiger charge is -2.34. The van der Waals surface area contributed by atoms with Crippen LogP contribution in [0.2, 0.25) is 0 Å². The van der Waals surface area contributed by atoms with E-state index in [1.54, 1.807) is 24.3 Å². The van der Waals surface area contributed by atoms with E-state index in [1.807, 2.05) is 51.9 Å². The minimum atomic E-state index is -1.08. The fourth-order valence-corrected chi connectivity index (χ4v) is 4.51. The van der Waals surface area contributed by atoms with Gasteiger partial charge in [0.25, 0.3) is 11.8 Å². The van der Waals surface area contributed by atoms with E-state index >= 15 is 0 Å². The minimum Gasteiger partial charge on any atom is -0.395 e. The molecule has 3 rings (SSSR count). The number of aromatic nitrogens is 1. The van der Waals surface area contributed by atoms with Crippen LogP contribution in [0.4, 0.5) is 15.8 Å². The van der Waals surface area contributed by atoms with Crippen molar-refractivity contribution < 1.29 is 18.8 Å². The molecule has 2 aromatic carbocycles. The highest BCUT2D eigenvalue weighted by molar-refractivity contribution is 7.09. The molecule has 11 heteroatoms. The number of carbonyl (C=O) groups excluding carboxylic acids is 3. The first-order valence-corrected chi connectivity index (χ1v) is 12.8. The van der Waals surface area contributed by atoms with Gasteiger partial charge in [-0.15, -0.1) is 0 Å². The van der Waals surface area contributed by atoms with E-state index < -0.39 is 35.1 Å². The fourth-order valence-electron chi connectivity index (χ4n) is 3.74. The largest absolute Gasteiger partial charge is 0.395 e. The molecule has 0 fully saturated rings. The van der Waals surface area contributed by atoms with E-state index in [2.05, 4.69) is 9.69 Å². The maximum absolute atomic E-state index is 14.0. The molecule has 0 aliphatic rings. The first kappa shape index (κ1) is 28.6. The molecule has 0 saturated carbocycles. The average Bonchev–Trinajstić information content (AvgIpc) is 3.26. The second kappa shape index (κ2) is 11.6. The summed E-state index contributed by atoms with van der Waals surface area (Å²) >= 11 is 0.737. The summed E-state index contributed by atoms with van der Waals surface area (Å²) in [5.41, 5.74) is 12.6. The monoisotopic (exact) mass is 540 g/mol. The standard InChI is InChI=1S/C27H33FN6O3S/c1-6-27(2,3)31-25(36)22(17-9-13-19(14-10-17)33(4)5)34(15-16-7-11-18(28)12-8-16)26(37)23-20(29)21(24(30)35)32-38-23/h7-14,22H,6,15,29H2,1-5H3,(H2,30,35)(H,31,36). The van der Waals surface area contributed by atoms with Gasteiger partial charge in [-0.05, 0) is 67.2 Å². The number of hydrogen-bond donors (Lipinski definition) is 3. The Morgan fingerprint density at radius 2 is 1.68 bits per heavy atom. The van der Waals surface area contributed by atoms with Crippen molar-refractivity contribution in [2.45, 2.75) is 45.3 Å². The van der Waals surface area contributed by atoms with Gasteiger partial charge in [0.15, 0.2) is 5.69 Å². The van der Waals surface area contributed by atoms with E-state index in [4.69, 9.17) is 11.5 Å². The molecule has 1 atom stereocenters. The summed E-state index contributed by atoms with van der Waals surface area (Å²) in [6, 6.07) is 11.9. The van der Waals surface area contributed by atoms with Gasteiger partial charge < -0.3 is 26.6 Å². The highest BCUT2D eigenvalue weighted by Gasteiger charge is 2.36. The Morgan fingerprint density at radius 1 is 1.08 bits per heavy atom. The molecule has 1 heterocycles. The highest BCUT2D eigenvalue weighted by atomic mass is 32.1. The Morgan fingerprint density at radius 3 is 2.18 bits per heavy atom. The molecule has 1 unspecified atom stereocenters. The van der Waals surface area contributed by atoms with Crippen LogP contribution in [0, 0.1) is 5.82 Å². The molecule has 1 aromatic heterocycles. The third kappa shape index (κ3) is 6.46. The molecule has 202 valence electrons. The number of rotatable bonds is 10. The third-order valence-electron chi connectivity index (χ3n) is 6.31. The summed E-state index contributed by atoms with van der Waals surface area (Å²) < 4.78 is 17.6. The topological polar surface area (TPSA) is 135 Å². The Hall–Kier alpha value is -3.99. The normalized spacial score (nSPS) is 12.1. The number of halogens is 1. The fraction of sp³-hybridized carbons (Fsp3) is 0.333. The van der Waals surface area contributed by atoms with Gasteiger partial charge in [0.05, 0.1) is 5.69 Å².